The van der Waals surface area contributed by atoms with Crippen molar-refractivity contribution in [3.05, 3.63) is 35.4 Å². The van der Waals surface area contributed by atoms with Crippen LogP contribution in [0, 0.1) is 0 Å². The van der Waals surface area contributed by atoms with Gasteiger partial charge in [0.1, 0.15) is 5.82 Å². The molecular weight excluding hydrogens is 202 g/mol. The van der Waals surface area contributed by atoms with Crippen LogP contribution in [0.15, 0.2) is 24.7 Å². The molecule has 0 saturated heterocycles. The number of imidazole rings is 1. The summed E-state index contributed by atoms with van der Waals surface area (Å²) in [4.78, 5) is 21.1. The highest BCUT2D eigenvalue weighted by Gasteiger charge is 2.06. The fourth-order valence-electron chi connectivity index (χ4n) is 1.10. The first-order valence-electron chi connectivity index (χ1n) is 3.91. The molecule has 0 radical (unpaired) electrons. The zero-order valence-corrected chi connectivity index (χ0v) is 7.82. The van der Waals surface area contributed by atoms with Gasteiger partial charge in [0.05, 0.1) is 16.9 Å². The zero-order chi connectivity index (χ0) is 9.97. The maximum atomic E-state index is 10.4. The van der Waals surface area contributed by atoms with Gasteiger partial charge in [-0.15, -0.1) is 0 Å². The summed E-state index contributed by atoms with van der Waals surface area (Å²) in [6.45, 7) is 0. The molecule has 0 aliphatic carbocycles. The minimum absolute atomic E-state index is 0.424. The Labute approximate surface area is 85.0 Å². The third-order valence-corrected chi connectivity index (χ3v) is 2.05. The Bertz CT molecular complexity index is 467. The van der Waals surface area contributed by atoms with E-state index < -0.39 is 0 Å². The molecule has 0 aliphatic rings. The minimum atomic E-state index is 0.424. The molecule has 0 saturated carbocycles. The third-order valence-electron chi connectivity index (χ3n) is 1.75. The highest BCUT2D eigenvalue weighted by atomic mass is 35.5. The second kappa shape index (κ2) is 3.59. The number of nitrogens with zero attached hydrogens (tertiary/aromatic N) is 2. The molecule has 14 heavy (non-hydrogen) atoms. The molecule has 0 aliphatic heterocycles. The fraction of sp³-hybridized carbons (Fsp3) is 0. The molecule has 70 valence electrons. The number of H-pyrrole nitrogens is 1. The Hall–Kier alpha value is -1.68. The normalized spacial score (nSPS) is 10.1. The molecule has 0 aromatic carbocycles. The lowest BCUT2D eigenvalue weighted by Crippen LogP contribution is -1.84. The van der Waals surface area contributed by atoms with Gasteiger partial charge >= 0.3 is 0 Å². The lowest BCUT2D eigenvalue weighted by atomic mass is 10.2. The quantitative estimate of drug-likeness (QED) is 0.766. The Morgan fingerprint density at radius 1 is 1.43 bits per heavy atom. The molecule has 0 fully saturated rings. The SMILES string of the molecule is O=Cc1cnc(-c2ccncc2Cl)[nH]1. The number of hydrogen-bond donors (Lipinski definition) is 1. The summed E-state index contributed by atoms with van der Waals surface area (Å²) in [7, 11) is 0. The van der Waals surface area contributed by atoms with Gasteiger partial charge < -0.3 is 4.98 Å². The van der Waals surface area contributed by atoms with Crippen molar-refractivity contribution >= 4 is 17.9 Å². The maximum absolute atomic E-state index is 10.4. The van der Waals surface area contributed by atoms with Gasteiger partial charge in [-0.3, -0.25) is 9.78 Å². The number of aldehydes is 1. The Morgan fingerprint density at radius 3 is 2.93 bits per heavy atom. The van der Waals surface area contributed by atoms with Crippen molar-refractivity contribution in [2.75, 3.05) is 0 Å². The molecule has 2 rings (SSSR count). The van der Waals surface area contributed by atoms with Crippen molar-refractivity contribution < 1.29 is 4.79 Å². The summed E-state index contributed by atoms with van der Waals surface area (Å²) >= 11 is 5.90. The smallest absolute Gasteiger partial charge is 0.167 e. The van der Waals surface area contributed by atoms with Gasteiger partial charge in [0.25, 0.3) is 0 Å². The van der Waals surface area contributed by atoms with Gasteiger partial charge in [0, 0.05) is 18.0 Å². The van der Waals surface area contributed by atoms with Gasteiger partial charge in [-0.2, -0.15) is 0 Å². The average molecular weight is 208 g/mol. The number of carbonyl (C=O) groups excluding carboxylic acids is 1. The molecule has 1 N–H and O–H groups in total. The molecule has 0 atom stereocenters. The molecule has 0 spiro atoms. The number of aromatic nitrogens is 3. The number of halogens is 1. The number of rotatable bonds is 2. The monoisotopic (exact) mass is 207 g/mol. The first-order chi connectivity index (χ1) is 6.81. The molecular formula is C9H6ClN3O. The predicted octanol–water partition coefficient (Wildman–Crippen LogP) is 1.94. The second-order valence-corrected chi connectivity index (χ2v) is 3.07. The summed E-state index contributed by atoms with van der Waals surface area (Å²) in [5, 5.41) is 0.499. The maximum Gasteiger partial charge on any atom is 0.167 e. The minimum Gasteiger partial charge on any atom is -0.336 e. The van der Waals surface area contributed by atoms with Crippen molar-refractivity contribution in [3.63, 3.8) is 0 Å². The topological polar surface area (TPSA) is 58.6 Å². The van der Waals surface area contributed by atoms with Crippen LogP contribution in [0.2, 0.25) is 5.02 Å². The van der Waals surface area contributed by atoms with Crippen molar-refractivity contribution in [2.45, 2.75) is 0 Å². The van der Waals surface area contributed by atoms with E-state index in [9.17, 15) is 4.79 Å². The van der Waals surface area contributed by atoms with Crippen LogP contribution in [0.4, 0.5) is 0 Å². The van der Waals surface area contributed by atoms with Gasteiger partial charge in [0.15, 0.2) is 6.29 Å². The van der Waals surface area contributed by atoms with E-state index in [2.05, 4.69) is 15.0 Å². The average Bonchev–Trinajstić information content (AvgIpc) is 2.67. The van der Waals surface area contributed by atoms with E-state index >= 15 is 0 Å². The summed E-state index contributed by atoms with van der Waals surface area (Å²) in [5.41, 5.74) is 1.16. The van der Waals surface area contributed by atoms with Crippen molar-refractivity contribution in [1.29, 1.82) is 0 Å². The van der Waals surface area contributed by atoms with E-state index in [-0.39, 0.29) is 0 Å². The lowest BCUT2D eigenvalue weighted by molar-refractivity contribution is 0.111. The van der Waals surface area contributed by atoms with Crippen LogP contribution in [-0.4, -0.2) is 21.2 Å². The molecule has 4 nitrogen and oxygen atoms in total. The Kier molecular flexibility index (Phi) is 2.28. The molecule has 0 bridgehead atoms. The highest BCUT2D eigenvalue weighted by molar-refractivity contribution is 6.33. The van der Waals surface area contributed by atoms with E-state index in [4.69, 9.17) is 11.6 Å². The van der Waals surface area contributed by atoms with Crippen LogP contribution >= 0.6 is 11.6 Å². The van der Waals surface area contributed by atoms with Gasteiger partial charge in [-0.05, 0) is 6.07 Å². The highest BCUT2D eigenvalue weighted by Crippen LogP contribution is 2.23. The standard InChI is InChI=1S/C9H6ClN3O/c10-8-4-11-2-1-7(8)9-12-3-6(5-14)13-9/h1-5H,(H,12,13). The van der Waals surface area contributed by atoms with E-state index in [1.54, 1.807) is 12.3 Å². The summed E-state index contributed by atoms with van der Waals surface area (Å²) < 4.78 is 0. The van der Waals surface area contributed by atoms with Crippen molar-refractivity contribution in [3.8, 4) is 11.4 Å². The first kappa shape index (κ1) is 8.90. The fourth-order valence-corrected chi connectivity index (χ4v) is 1.31. The molecule has 5 heteroatoms. The van der Waals surface area contributed by atoms with E-state index in [1.165, 1.54) is 12.4 Å². The Balaban J connectivity index is 2.49. The predicted molar refractivity (Wildman–Crippen MR) is 52.2 cm³/mol. The summed E-state index contributed by atoms with van der Waals surface area (Å²) in [6.07, 6.45) is 5.30. The number of hydrogen-bond acceptors (Lipinski definition) is 3. The van der Waals surface area contributed by atoms with Gasteiger partial charge in [0.2, 0.25) is 0 Å². The Morgan fingerprint density at radius 2 is 2.29 bits per heavy atom. The third kappa shape index (κ3) is 1.52. The van der Waals surface area contributed by atoms with Crippen LogP contribution in [-0.2, 0) is 0 Å². The number of nitrogens with one attached hydrogen (secondary N) is 1. The van der Waals surface area contributed by atoms with Crippen LogP contribution in [0.25, 0.3) is 11.4 Å². The summed E-state index contributed by atoms with van der Waals surface area (Å²) in [5.74, 6) is 0.569. The van der Waals surface area contributed by atoms with E-state index in [1.807, 2.05) is 0 Å². The number of pyridine rings is 1. The molecule has 2 heterocycles. The first-order valence-corrected chi connectivity index (χ1v) is 4.29. The van der Waals surface area contributed by atoms with E-state index in [0.717, 1.165) is 5.56 Å². The lowest BCUT2D eigenvalue weighted by Gasteiger charge is -1.97. The van der Waals surface area contributed by atoms with Gasteiger partial charge in [-0.1, -0.05) is 11.6 Å². The van der Waals surface area contributed by atoms with Gasteiger partial charge in [-0.25, -0.2) is 4.98 Å². The van der Waals surface area contributed by atoms with Crippen LogP contribution in [0.3, 0.4) is 0 Å². The largest absolute Gasteiger partial charge is 0.336 e. The molecule has 0 unspecified atom stereocenters. The van der Waals surface area contributed by atoms with E-state index in [0.29, 0.717) is 22.8 Å². The van der Waals surface area contributed by atoms with Crippen LogP contribution in [0.1, 0.15) is 10.5 Å². The van der Waals surface area contributed by atoms with Crippen LogP contribution < -0.4 is 0 Å². The van der Waals surface area contributed by atoms with Crippen molar-refractivity contribution in [2.24, 2.45) is 0 Å². The van der Waals surface area contributed by atoms with Crippen molar-refractivity contribution in [1.82, 2.24) is 15.0 Å². The number of carbonyl (C=O) groups is 1. The summed E-state index contributed by atoms with van der Waals surface area (Å²) in [6, 6.07) is 1.73. The molecule has 0 amide bonds. The second-order valence-electron chi connectivity index (χ2n) is 2.66. The number of aromatic amines is 1. The molecule has 2 aromatic rings. The molecule has 2 aromatic heterocycles. The van der Waals surface area contributed by atoms with Crippen LogP contribution in [0.5, 0.6) is 0 Å². The zero-order valence-electron chi connectivity index (χ0n) is 7.07.